The molecule has 0 aliphatic carbocycles. The van der Waals surface area contributed by atoms with Crippen LogP contribution in [-0.4, -0.2) is 55.1 Å². The quantitative estimate of drug-likeness (QED) is 0.309. The summed E-state index contributed by atoms with van der Waals surface area (Å²) < 4.78 is 34.3. The number of sulfonamides is 1. The molecule has 0 bridgehead atoms. The maximum atomic E-state index is 13.4. The van der Waals surface area contributed by atoms with Crippen molar-refractivity contribution in [3.05, 3.63) is 81.8 Å². The van der Waals surface area contributed by atoms with E-state index in [1.807, 2.05) is 32.0 Å². The smallest absolute Gasteiger partial charge is 0.314 e. The van der Waals surface area contributed by atoms with E-state index in [-0.39, 0.29) is 34.0 Å². The first-order valence-corrected chi connectivity index (χ1v) is 16.2. The minimum atomic E-state index is -3.82. The monoisotopic (exact) mass is 629 g/mol. The largest absolute Gasteiger partial charge is 0.455 e. The van der Waals surface area contributed by atoms with Crippen molar-refractivity contribution in [3.63, 3.8) is 0 Å². The fourth-order valence-electron chi connectivity index (χ4n) is 5.72. The maximum absolute atomic E-state index is 13.4. The van der Waals surface area contributed by atoms with Crippen LogP contribution in [0.2, 0.25) is 10.0 Å². The standard InChI is InChI=1S/C31H33Cl2N3O5S/c1-20-8-4-5-9-27(20)22-14-21(2)36(19-22)31(38)30(37)34-28-18-26(42(39,40)35-12-6-3-7-13-35)10-11-29(28)41-25-16-23(32)15-24(33)17-25/h4-5,8-11,15-18,21-22H,3,6-7,12-14,19H2,1-2H3,(H,34,37). The molecule has 2 unspecified atom stereocenters. The highest BCUT2D eigenvalue weighted by molar-refractivity contribution is 7.89. The molecule has 2 saturated heterocycles. The number of nitrogens with zero attached hydrogens (tertiary/aromatic N) is 2. The summed E-state index contributed by atoms with van der Waals surface area (Å²) >= 11 is 12.3. The van der Waals surface area contributed by atoms with Gasteiger partial charge in [0.2, 0.25) is 10.0 Å². The lowest BCUT2D eigenvalue weighted by Crippen LogP contribution is -2.41. The highest BCUT2D eigenvalue weighted by Crippen LogP contribution is 2.36. The topological polar surface area (TPSA) is 96.0 Å². The van der Waals surface area contributed by atoms with Crippen LogP contribution in [0.3, 0.4) is 0 Å². The molecular weight excluding hydrogens is 597 g/mol. The van der Waals surface area contributed by atoms with Gasteiger partial charge in [0.05, 0.1) is 10.6 Å². The molecule has 222 valence electrons. The number of aryl methyl sites for hydroxylation is 1. The maximum Gasteiger partial charge on any atom is 0.314 e. The summed E-state index contributed by atoms with van der Waals surface area (Å²) in [7, 11) is -3.82. The number of hydrogen-bond acceptors (Lipinski definition) is 5. The third kappa shape index (κ3) is 6.59. The van der Waals surface area contributed by atoms with E-state index in [1.54, 1.807) is 23.1 Å². The van der Waals surface area contributed by atoms with Gasteiger partial charge in [-0.15, -0.1) is 0 Å². The Labute approximate surface area is 256 Å². The van der Waals surface area contributed by atoms with E-state index in [4.69, 9.17) is 27.9 Å². The van der Waals surface area contributed by atoms with Crippen LogP contribution >= 0.6 is 23.2 Å². The minimum absolute atomic E-state index is 0.00205. The van der Waals surface area contributed by atoms with Crippen LogP contribution in [0.15, 0.2) is 65.6 Å². The number of anilines is 1. The Balaban J connectivity index is 1.42. The first-order valence-electron chi connectivity index (χ1n) is 14.0. The third-order valence-electron chi connectivity index (χ3n) is 7.87. The predicted octanol–water partition coefficient (Wildman–Crippen LogP) is 6.61. The van der Waals surface area contributed by atoms with Crippen LogP contribution in [0, 0.1) is 6.92 Å². The van der Waals surface area contributed by atoms with Gasteiger partial charge in [-0.2, -0.15) is 4.31 Å². The molecule has 0 radical (unpaired) electrons. The average Bonchev–Trinajstić information content (AvgIpc) is 3.34. The second kappa shape index (κ2) is 12.6. The Morgan fingerprint density at radius 2 is 1.64 bits per heavy atom. The van der Waals surface area contributed by atoms with E-state index >= 15 is 0 Å². The summed E-state index contributed by atoms with van der Waals surface area (Å²) in [6.45, 7) is 5.23. The molecule has 1 N–H and O–H groups in total. The fourth-order valence-corrected chi connectivity index (χ4v) is 7.77. The molecule has 2 amide bonds. The number of hydrogen-bond donors (Lipinski definition) is 1. The van der Waals surface area contributed by atoms with Crippen LogP contribution in [-0.2, 0) is 19.6 Å². The lowest BCUT2D eigenvalue weighted by molar-refractivity contribution is -0.143. The van der Waals surface area contributed by atoms with Crippen LogP contribution < -0.4 is 10.1 Å². The van der Waals surface area contributed by atoms with Crippen molar-refractivity contribution in [1.29, 1.82) is 0 Å². The van der Waals surface area contributed by atoms with Crippen molar-refractivity contribution in [2.45, 2.75) is 56.4 Å². The zero-order chi connectivity index (χ0) is 30.0. The van der Waals surface area contributed by atoms with Gasteiger partial charge in [0, 0.05) is 41.6 Å². The fraction of sp³-hybridized carbons (Fsp3) is 0.355. The van der Waals surface area contributed by atoms with Crippen molar-refractivity contribution in [2.75, 3.05) is 25.0 Å². The molecule has 2 heterocycles. The van der Waals surface area contributed by atoms with Gasteiger partial charge < -0.3 is 15.0 Å². The third-order valence-corrected chi connectivity index (χ3v) is 10.2. The molecule has 0 spiro atoms. The second-order valence-electron chi connectivity index (χ2n) is 10.9. The normalized spacial score (nSPS) is 19.5. The van der Waals surface area contributed by atoms with Gasteiger partial charge in [0.15, 0.2) is 5.75 Å². The van der Waals surface area contributed by atoms with Crippen LogP contribution in [0.1, 0.15) is 49.7 Å². The van der Waals surface area contributed by atoms with E-state index in [9.17, 15) is 18.0 Å². The summed E-state index contributed by atoms with van der Waals surface area (Å²) in [5, 5.41) is 3.32. The van der Waals surface area contributed by atoms with E-state index in [0.29, 0.717) is 29.7 Å². The zero-order valence-electron chi connectivity index (χ0n) is 23.5. The summed E-state index contributed by atoms with van der Waals surface area (Å²) in [4.78, 5) is 28.4. The molecule has 2 aliphatic rings. The van der Waals surface area contributed by atoms with Crippen LogP contribution in [0.25, 0.3) is 0 Å². The first kappa shape index (κ1) is 30.4. The molecule has 8 nitrogen and oxygen atoms in total. The minimum Gasteiger partial charge on any atom is -0.455 e. The number of nitrogens with one attached hydrogen (secondary N) is 1. The molecule has 2 aliphatic heterocycles. The van der Waals surface area contributed by atoms with Gasteiger partial charge in [0.25, 0.3) is 0 Å². The Kier molecular flexibility index (Phi) is 9.13. The van der Waals surface area contributed by atoms with Crippen molar-refractivity contribution in [3.8, 4) is 11.5 Å². The summed E-state index contributed by atoms with van der Waals surface area (Å²) in [5.41, 5.74) is 2.35. The number of benzene rings is 3. The Morgan fingerprint density at radius 3 is 2.33 bits per heavy atom. The molecular formula is C31H33Cl2N3O5S. The molecule has 5 rings (SSSR count). The van der Waals surface area contributed by atoms with Gasteiger partial charge in [-0.25, -0.2) is 8.42 Å². The van der Waals surface area contributed by atoms with E-state index in [2.05, 4.69) is 11.4 Å². The molecule has 42 heavy (non-hydrogen) atoms. The van der Waals surface area contributed by atoms with Gasteiger partial charge in [-0.3, -0.25) is 9.59 Å². The number of halogens is 2. The summed E-state index contributed by atoms with van der Waals surface area (Å²) in [5.74, 6) is -1.04. The molecule has 3 aromatic rings. The molecule has 2 fully saturated rings. The SMILES string of the molecule is Cc1ccccc1C1CC(C)N(C(=O)C(=O)Nc2cc(S(=O)(=O)N3CCCCC3)ccc2Oc2cc(Cl)cc(Cl)c2)C1. The Bertz CT molecular complexity index is 1590. The number of ether oxygens (including phenoxy) is 1. The van der Waals surface area contributed by atoms with E-state index in [1.165, 1.54) is 22.5 Å². The highest BCUT2D eigenvalue weighted by Gasteiger charge is 2.37. The predicted molar refractivity (Wildman–Crippen MR) is 164 cm³/mol. The Hall–Kier alpha value is -3.11. The number of piperidine rings is 1. The lowest BCUT2D eigenvalue weighted by Gasteiger charge is -2.26. The number of carbonyl (C=O) groups excluding carboxylic acids is 2. The van der Waals surface area contributed by atoms with Crippen molar-refractivity contribution < 1.29 is 22.7 Å². The zero-order valence-corrected chi connectivity index (χ0v) is 25.8. The molecule has 2 atom stereocenters. The summed E-state index contributed by atoms with van der Waals surface area (Å²) in [6.07, 6.45) is 3.28. The van der Waals surface area contributed by atoms with Crippen molar-refractivity contribution in [1.82, 2.24) is 9.21 Å². The molecule has 3 aromatic carbocycles. The molecule has 11 heteroatoms. The van der Waals surface area contributed by atoms with E-state index < -0.39 is 21.8 Å². The van der Waals surface area contributed by atoms with Gasteiger partial charge >= 0.3 is 11.8 Å². The number of rotatable bonds is 6. The highest BCUT2D eigenvalue weighted by atomic mass is 35.5. The van der Waals surface area contributed by atoms with Crippen LogP contribution in [0.4, 0.5) is 5.69 Å². The molecule has 0 aromatic heterocycles. The number of amides is 2. The van der Waals surface area contributed by atoms with E-state index in [0.717, 1.165) is 36.8 Å². The first-order chi connectivity index (χ1) is 20.0. The van der Waals surface area contributed by atoms with Crippen LogP contribution in [0.5, 0.6) is 11.5 Å². The van der Waals surface area contributed by atoms with Gasteiger partial charge in [-0.1, -0.05) is 53.9 Å². The Morgan fingerprint density at radius 1 is 0.952 bits per heavy atom. The van der Waals surface area contributed by atoms with Gasteiger partial charge in [0.1, 0.15) is 5.75 Å². The number of likely N-dealkylation sites (tertiary alicyclic amines) is 1. The van der Waals surface area contributed by atoms with Gasteiger partial charge in [-0.05, 0) is 80.6 Å². The second-order valence-corrected chi connectivity index (χ2v) is 13.7. The van der Waals surface area contributed by atoms with Crippen molar-refractivity contribution >= 4 is 50.7 Å². The number of carbonyl (C=O) groups is 2. The molecule has 0 saturated carbocycles. The average molecular weight is 631 g/mol. The summed E-state index contributed by atoms with van der Waals surface area (Å²) in [6, 6.07) is 16.7. The van der Waals surface area contributed by atoms with Crippen molar-refractivity contribution in [2.24, 2.45) is 0 Å². The lowest BCUT2D eigenvalue weighted by atomic mass is 9.93.